The Kier molecular flexibility index (Phi) is 11.7. The molecule has 5 aromatic rings. The van der Waals surface area contributed by atoms with Gasteiger partial charge in [0.2, 0.25) is 0 Å². The molecule has 0 unspecified atom stereocenters. The molecule has 6 rings (SSSR count). The van der Waals surface area contributed by atoms with Gasteiger partial charge in [0.1, 0.15) is 15.8 Å². The molecule has 1 N–H and O–H groups in total. The zero-order valence-electron chi connectivity index (χ0n) is 30.1. The van der Waals surface area contributed by atoms with Crippen LogP contribution in [0.5, 0.6) is 0 Å². The van der Waals surface area contributed by atoms with E-state index in [1.807, 2.05) is 0 Å². The van der Waals surface area contributed by atoms with Crippen molar-refractivity contribution in [1.82, 2.24) is 24.2 Å². The monoisotopic (exact) mass is 763 g/mol. The van der Waals surface area contributed by atoms with E-state index in [4.69, 9.17) is 0 Å². The fourth-order valence-electron chi connectivity index (χ4n) is 6.68. The van der Waals surface area contributed by atoms with Gasteiger partial charge in [0.25, 0.3) is 0 Å². The Bertz CT molecular complexity index is 2310. The molecule has 2 heterocycles. The second kappa shape index (κ2) is 15.8. The van der Waals surface area contributed by atoms with Crippen molar-refractivity contribution in [2.24, 2.45) is 5.92 Å². The Hall–Kier alpha value is -5.50. The number of benzene rings is 3. The van der Waals surface area contributed by atoms with Crippen LogP contribution >= 0.6 is 0 Å². The normalized spacial score (nSPS) is 16.2. The van der Waals surface area contributed by atoms with Gasteiger partial charge < -0.3 is 14.4 Å². The van der Waals surface area contributed by atoms with Gasteiger partial charge in [0.15, 0.2) is 0 Å². The topological polar surface area (TPSA) is 155 Å². The fraction of sp³-hybridized carbons (Fsp3) is 0.316. The van der Waals surface area contributed by atoms with Crippen molar-refractivity contribution in [3.8, 4) is 28.8 Å². The standard InChI is InChI=1S/C32H34F3N7O2.C6H6O3S/c1-21-29(28-16-17-37-41(28)26-14-10-22(19-36)11-15-26)40(30(43)38-25-12-8-23(9-13-25)20-42(2,3)4)31(44)39(21)27-7-5-6-24(18-27)32(33,34)35;7-10(8,9)6-4-2-1-3-5-6/h5-7,10-11,14-18,23,25H,8-9,12-13,20H2,1-4H3;1-5H,(H,7,8,9). The molecule has 1 amide bonds. The van der Waals surface area contributed by atoms with Crippen LogP contribution in [-0.4, -0.2) is 76.1 Å². The van der Waals surface area contributed by atoms with E-state index in [-0.39, 0.29) is 28.0 Å². The van der Waals surface area contributed by atoms with Crippen molar-refractivity contribution >= 4 is 16.1 Å². The number of halogens is 3. The molecule has 1 aliphatic rings. The van der Waals surface area contributed by atoms with Crippen LogP contribution in [-0.2, 0) is 16.3 Å². The number of quaternary nitrogens is 1. The molecule has 1 aliphatic carbocycles. The molecule has 3 aromatic carbocycles. The van der Waals surface area contributed by atoms with Crippen LogP contribution in [0, 0.1) is 24.2 Å². The van der Waals surface area contributed by atoms with Crippen molar-refractivity contribution < 1.29 is 35.4 Å². The summed E-state index contributed by atoms with van der Waals surface area (Å²) in [7, 11) is 2.21. The average Bonchev–Trinajstić information content (AvgIpc) is 3.70. The number of carbonyl (C=O) groups is 1. The molecular weight excluding hydrogens is 724 g/mol. The summed E-state index contributed by atoms with van der Waals surface area (Å²) in [5, 5.41) is 16.6. The molecule has 1 fully saturated rings. The van der Waals surface area contributed by atoms with E-state index in [9.17, 15) is 41.0 Å². The Labute approximate surface area is 311 Å². The maximum absolute atomic E-state index is 14.0. The first kappa shape index (κ1) is 39.7. The van der Waals surface area contributed by atoms with E-state index in [0.717, 1.165) is 58.0 Å². The third-order valence-corrected chi connectivity index (χ3v) is 9.91. The molecule has 0 aliphatic heterocycles. The number of imidazole rings is 1. The second-order valence-electron chi connectivity index (χ2n) is 14.1. The number of aromatic nitrogens is 4. The fourth-order valence-corrected chi connectivity index (χ4v) is 7.17. The number of amides is 1. The van der Waals surface area contributed by atoms with Crippen LogP contribution in [0.15, 0.2) is 101 Å². The summed E-state index contributed by atoms with van der Waals surface area (Å²) < 4.78 is 76.1. The number of rotatable bonds is 7. The van der Waals surface area contributed by atoms with Gasteiger partial charge in [0, 0.05) is 12.0 Å². The Balaban J connectivity index is 0.000000486. The number of carbonyl (C=O) groups excluding carboxylic acids is 1. The van der Waals surface area contributed by atoms with Crippen molar-refractivity contribution in [3.63, 3.8) is 0 Å². The highest BCUT2D eigenvalue weighted by Gasteiger charge is 2.33. The number of hydrogen-bond acceptors (Lipinski definition) is 7. The summed E-state index contributed by atoms with van der Waals surface area (Å²) in [5.74, 6) is 0.535. The summed E-state index contributed by atoms with van der Waals surface area (Å²) in [6.45, 7) is 2.62. The molecule has 16 heteroatoms. The lowest BCUT2D eigenvalue weighted by molar-refractivity contribution is -0.874. The lowest BCUT2D eigenvalue weighted by Gasteiger charge is -2.34. The Morgan fingerprint density at radius 2 is 1.61 bits per heavy atom. The first-order chi connectivity index (χ1) is 25.4. The van der Waals surface area contributed by atoms with E-state index in [1.165, 1.54) is 47.3 Å². The molecule has 0 atom stereocenters. The summed E-state index contributed by atoms with van der Waals surface area (Å²) in [5.41, 5.74) is 0.162. The summed E-state index contributed by atoms with van der Waals surface area (Å²) in [6.07, 6.45) is 0.301. The van der Waals surface area contributed by atoms with Gasteiger partial charge in [-0.3, -0.25) is 4.57 Å². The van der Waals surface area contributed by atoms with Gasteiger partial charge in [-0.05, 0) is 93.3 Å². The van der Waals surface area contributed by atoms with E-state index >= 15 is 0 Å². The summed E-state index contributed by atoms with van der Waals surface area (Å²) in [6, 6.07) is 21.2. The minimum atomic E-state index is -4.62. The average molecular weight is 764 g/mol. The number of alkyl halides is 3. The molecule has 54 heavy (non-hydrogen) atoms. The predicted molar refractivity (Wildman–Crippen MR) is 194 cm³/mol. The molecule has 0 bridgehead atoms. The number of hydrogen-bond donors (Lipinski definition) is 1. The quantitative estimate of drug-likeness (QED) is 0.155. The maximum Gasteiger partial charge on any atom is 0.416 e. The number of nitriles is 1. The van der Waals surface area contributed by atoms with Crippen molar-refractivity contribution in [1.29, 1.82) is 5.26 Å². The van der Waals surface area contributed by atoms with Gasteiger partial charge in [-0.1, -0.05) is 24.3 Å². The molecule has 1 saturated carbocycles. The van der Waals surface area contributed by atoms with Crippen molar-refractivity contribution in [2.45, 2.75) is 49.7 Å². The lowest BCUT2D eigenvalue weighted by Crippen LogP contribution is -2.45. The van der Waals surface area contributed by atoms with Crippen LogP contribution in [0.4, 0.5) is 18.0 Å². The molecule has 2 aromatic heterocycles. The summed E-state index contributed by atoms with van der Waals surface area (Å²) >= 11 is 0. The van der Waals surface area contributed by atoms with Gasteiger partial charge in [0.05, 0.1) is 78.7 Å². The third-order valence-electron chi connectivity index (χ3n) is 9.06. The first-order valence-corrected chi connectivity index (χ1v) is 18.5. The van der Waals surface area contributed by atoms with Gasteiger partial charge in [-0.15, -0.1) is 0 Å². The zero-order valence-corrected chi connectivity index (χ0v) is 30.9. The maximum atomic E-state index is 14.0. The highest BCUT2D eigenvalue weighted by Crippen LogP contribution is 2.32. The van der Waals surface area contributed by atoms with E-state index in [0.29, 0.717) is 22.9 Å². The van der Waals surface area contributed by atoms with Crippen LogP contribution in [0.3, 0.4) is 0 Å². The summed E-state index contributed by atoms with van der Waals surface area (Å²) in [4.78, 5) is 27.7. The molecule has 0 saturated heterocycles. The van der Waals surface area contributed by atoms with Crippen molar-refractivity contribution in [3.05, 3.63) is 118 Å². The van der Waals surface area contributed by atoms with Crippen LogP contribution in [0.1, 0.15) is 42.5 Å². The van der Waals surface area contributed by atoms with Gasteiger partial charge in [-0.2, -0.15) is 23.5 Å². The molecule has 12 nitrogen and oxygen atoms in total. The minimum absolute atomic E-state index is 0.0135. The minimum Gasteiger partial charge on any atom is -0.744 e. The van der Waals surface area contributed by atoms with E-state index < -0.39 is 33.6 Å². The predicted octanol–water partition coefficient (Wildman–Crippen LogP) is 6.10. The smallest absolute Gasteiger partial charge is 0.416 e. The molecule has 0 radical (unpaired) electrons. The highest BCUT2D eigenvalue weighted by molar-refractivity contribution is 7.85. The largest absolute Gasteiger partial charge is 0.744 e. The van der Waals surface area contributed by atoms with Crippen LogP contribution < -0.4 is 11.0 Å². The molecule has 284 valence electrons. The highest BCUT2D eigenvalue weighted by atomic mass is 32.2. The van der Waals surface area contributed by atoms with Crippen LogP contribution in [0.2, 0.25) is 0 Å². The number of nitrogens with one attached hydrogen (secondary N) is 1. The second-order valence-corrected chi connectivity index (χ2v) is 15.5. The van der Waals surface area contributed by atoms with Gasteiger partial charge >= 0.3 is 17.9 Å². The lowest BCUT2D eigenvalue weighted by atomic mass is 9.85. The van der Waals surface area contributed by atoms with Crippen molar-refractivity contribution in [2.75, 3.05) is 27.7 Å². The van der Waals surface area contributed by atoms with E-state index in [1.54, 1.807) is 43.3 Å². The third kappa shape index (κ3) is 9.34. The van der Waals surface area contributed by atoms with E-state index in [2.05, 4.69) is 37.6 Å². The Morgan fingerprint density at radius 3 is 2.17 bits per heavy atom. The number of nitrogens with zero attached hydrogens (tertiary/aromatic N) is 6. The zero-order chi connectivity index (χ0) is 39.4. The SMILES string of the molecule is Cc1c(-c2ccnn2-c2ccc(C#N)cc2)n(C(=O)NC2CCC(C[N+](C)(C)C)CC2)c(=O)n1-c1cccc(C(F)(F)F)c1.O=S(=O)([O-])c1ccccc1. The first-order valence-electron chi connectivity index (χ1n) is 17.1. The van der Waals surface area contributed by atoms with Gasteiger partial charge in [-0.25, -0.2) is 27.3 Å². The molecular formula is C38H40F3N7O5S. The molecule has 0 spiro atoms. The van der Waals surface area contributed by atoms with Crippen LogP contribution in [0.25, 0.3) is 22.8 Å². The Morgan fingerprint density at radius 1 is 0.963 bits per heavy atom.